The lowest BCUT2D eigenvalue weighted by atomic mass is 10.3. The van der Waals surface area contributed by atoms with Crippen LogP contribution in [0.1, 0.15) is 23.2 Å². The first-order valence-electron chi connectivity index (χ1n) is 8.87. The van der Waals surface area contributed by atoms with Crippen molar-refractivity contribution in [2.24, 2.45) is 0 Å². The molecule has 0 atom stereocenters. The van der Waals surface area contributed by atoms with Crippen LogP contribution in [-0.4, -0.2) is 19.3 Å². The second-order valence-corrected chi connectivity index (χ2v) is 5.95. The summed E-state index contributed by atoms with van der Waals surface area (Å²) < 4.78 is 27.4. The third-order valence-electron chi connectivity index (χ3n) is 4.05. The third-order valence-corrected chi connectivity index (χ3v) is 4.05. The molecule has 1 aromatic heterocycles. The van der Waals surface area contributed by atoms with Gasteiger partial charge in [0, 0.05) is 6.07 Å². The average Bonchev–Trinajstić information content (AvgIpc) is 3.37. The molecule has 0 saturated carbocycles. The van der Waals surface area contributed by atoms with Gasteiger partial charge in [0.15, 0.2) is 17.3 Å². The van der Waals surface area contributed by atoms with Crippen molar-refractivity contribution in [1.82, 2.24) is 0 Å². The van der Waals surface area contributed by atoms with Crippen LogP contribution in [0, 0.1) is 0 Å². The van der Waals surface area contributed by atoms with Gasteiger partial charge in [-0.3, -0.25) is 4.79 Å². The Morgan fingerprint density at radius 2 is 1.89 bits per heavy atom. The van der Waals surface area contributed by atoms with Crippen molar-refractivity contribution in [2.45, 2.75) is 13.5 Å². The summed E-state index contributed by atoms with van der Waals surface area (Å²) in [6.07, 6.45) is 0. The molecule has 7 nitrogen and oxygen atoms in total. The Labute approximate surface area is 161 Å². The van der Waals surface area contributed by atoms with Gasteiger partial charge in [0.1, 0.15) is 23.9 Å². The highest BCUT2D eigenvalue weighted by Gasteiger charge is 2.16. The molecule has 0 bridgehead atoms. The Kier molecular flexibility index (Phi) is 5.05. The zero-order valence-corrected chi connectivity index (χ0v) is 15.3. The highest BCUT2D eigenvalue weighted by Crippen LogP contribution is 2.35. The molecule has 2 heterocycles. The molecule has 0 radical (unpaired) electrons. The van der Waals surface area contributed by atoms with E-state index in [0.29, 0.717) is 41.1 Å². The van der Waals surface area contributed by atoms with Crippen LogP contribution in [0.2, 0.25) is 0 Å². The van der Waals surface area contributed by atoms with Gasteiger partial charge >= 0.3 is 0 Å². The van der Waals surface area contributed by atoms with Gasteiger partial charge in [-0.2, -0.15) is 0 Å². The zero-order valence-electron chi connectivity index (χ0n) is 15.3. The lowest BCUT2D eigenvalue weighted by molar-refractivity contribution is 0.0992. The summed E-state index contributed by atoms with van der Waals surface area (Å²) in [5.41, 5.74) is 0.587. The smallest absolute Gasteiger partial charge is 0.291 e. The van der Waals surface area contributed by atoms with Crippen LogP contribution in [-0.2, 0) is 6.61 Å². The number of rotatable bonds is 7. The molecule has 7 heteroatoms. The van der Waals surface area contributed by atoms with E-state index in [9.17, 15) is 4.79 Å². The average molecular weight is 381 g/mol. The molecule has 0 aliphatic carbocycles. The van der Waals surface area contributed by atoms with Crippen LogP contribution in [0.3, 0.4) is 0 Å². The quantitative estimate of drug-likeness (QED) is 0.660. The molecule has 1 aliphatic rings. The van der Waals surface area contributed by atoms with Crippen molar-refractivity contribution >= 4 is 11.6 Å². The minimum atomic E-state index is -0.360. The van der Waals surface area contributed by atoms with Crippen molar-refractivity contribution < 1.29 is 28.2 Å². The molecule has 4 rings (SSSR count). The van der Waals surface area contributed by atoms with E-state index in [1.165, 1.54) is 0 Å². The van der Waals surface area contributed by atoms with Crippen LogP contribution < -0.4 is 24.3 Å². The Morgan fingerprint density at radius 3 is 2.79 bits per heavy atom. The molecule has 3 aromatic rings. The van der Waals surface area contributed by atoms with Gasteiger partial charge in [0.05, 0.1) is 12.3 Å². The van der Waals surface area contributed by atoms with E-state index in [0.717, 1.165) is 0 Å². The van der Waals surface area contributed by atoms with Crippen LogP contribution in [0.5, 0.6) is 23.0 Å². The first-order chi connectivity index (χ1) is 13.7. The maximum atomic E-state index is 12.5. The van der Waals surface area contributed by atoms with Crippen molar-refractivity contribution in [1.29, 1.82) is 0 Å². The monoisotopic (exact) mass is 381 g/mol. The summed E-state index contributed by atoms with van der Waals surface area (Å²) in [5.74, 6) is 2.92. The minimum absolute atomic E-state index is 0.183. The molecular weight excluding hydrogens is 362 g/mol. The third kappa shape index (κ3) is 3.88. The fourth-order valence-corrected chi connectivity index (χ4v) is 2.73. The SMILES string of the molecule is CCOc1ccccc1NC(=O)c1ccc(COc2ccc3c(c2)OCO3)o1. The highest BCUT2D eigenvalue weighted by atomic mass is 16.7. The van der Waals surface area contributed by atoms with Crippen molar-refractivity contribution in [3.8, 4) is 23.0 Å². The van der Waals surface area contributed by atoms with E-state index in [1.54, 1.807) is 42.5 Å². The fraction of sp³-hybridized carbons (Fsp3) is 0.190. The zero-order chi connectivity index (χ0) is 19.3. The topological polar surface area (TPSA) is 79.2 Å². The number of carbonyl (C=O) groups is 1. The van der Waals surface area contributed by atoms with Crippen LogP contribution >= 0.6 is 0 Å². The van der Waals surface area contributed by atoms with Gasteiger partial charge in [-0.15, -0.1) is 0 Å². The number of para-hydroxylation sites is 2. The Bertz CT molecular complexity index is 981. The number of anilines is 1. The number of carbonyl (C=O) groups excluding carboxylic acids is 1. The Morgan fingerprint density at radius 1 is 1.04 bits per heavy atom. The minimum Gasteiger partial charge on any atom is -0.492 e. The molecule has 0 unspecified atom stereocenters. The van der Waals surface area contributed by atoms with Crippen molar-refractivity contribution in [3.63, 3.8) is 0 Å². The van der Waals surface area contributed by atoms with E-state index in [-0.39, 0.29) is 25.1 Å². The van der Waals surface area contributed by atoms with Crippen molar-refractivity contribution in [3.05, 3.63) is 66.1 Å². The number of benzene rings is 2. The van der Waals surface area contributed by atoms with Crippen molar-refractivity contribution in [2.75, 3.05) is 18.7 Å². The number of ether oxygens (including phenoxy) is 4. The van der Waals surface area contributed by atoms with Crippen LogP contribution in [0.25, 0.3) is 0 Å². The first kappa shape index (κ1) is 17.8. The maximum absolute atomic E-state index is 12.5. The molecule has 2 aromatic carbocycles. The molecular formula is C21H19NO6. The summed E-state index contributed by atoms with van der Waals surface area (Å²) >= 11 is 0. The summed E-state index contributed by atoms with van der Waals surface area (Å²) in [5, 5.41) is 2.80. The van der Waals surface area contributed by atoms with Gasteiger partial charge < -0.3 is 28.7 Å². The van der Waals surface area contributed by atoms with Crippen LogP contribution in [0.4, 0.5) is 5.69 Å². The number of furan rings is 1. The van der Waals surface area contributed by atoms with E-state index >= 15 is 0 Å². The molecule has 144 valence electrons. The summed E-state index contributed by atoms with van der Waals surface area (Å²) in [7, 11) is 0. The normalized spacial score (nSPS) is 11.9. The number of hydrogen-bond donors (Lipinski definition) is 1. The van der Waals surface area contributed by atoms with E-state index in [4.69, 9.17) is 23.4 Å². The molecule has 1 amide bonds. The number of nitrogens with one attached hydrogen (secondary N) is 1. The Balaban J connectivity index is 1.38. The number of amides is 1. The molecule has 1 aliphatic heterocycles. The summed E-state index contributed by atoms with van der Waals surface area (Å²) in [6, 6.07) is 15.9. The molecule has 1 N–H and O–H groups in total. The predicted molar refractivity (Wildman–Crippen MR) is 101 cm³/mol. The Hall–Kier alpha value is -3.61. The highest BCUT2D eigenvalue weighted by molar-refractivity contribution is 6.03. The summed E-state index contributed by atoms with van der Waals surface area (Å²) in [6.45, 7) is 2.79. The first-order valence-corrected chi connectivity index (χ1v) is 8.87. The van der Waals surface area contributed by atoms with E-state index < -0.39 is 0 Å². The molecule has 28 heavy (non-hydrogen) atoms. The fourth-order valence-electron chi connectivity index (χ4n) is 2.73. The van der Waals surface area contributed by atoms with Crippen LogP contribution in [0.15, 0.2) is 59.0 Å². The van der Waals surface area contributed by atoms with Gasteiger partial charge in [-0.05, 0) is 43.3 Å². The standard InChI is InChI=1S/C21H19NO6/c1-2-24-17-6-4-3-5-16(17)22-21(23)19-10-8-15(28-19)12-25-14-7-9-18-20(11-14)27-13-26-18/h3-11H,2,12-13H2,1H3,(H,22,23). The lowest BCUT2D eigenvalue weighted by Gasteiger charge is -2.10. The summed E-state index contributed by atoms with van der Waals surface area (Å²) in [4.78, 5) is 12.5. The number of fused-ring (bicyclic) bond motifs is 1. The van der Waals surface area contributed by atoms with Gasteiger partial charge in [0.25, 0.3) is 5.91 Å². The number of hydrogen-bond acceptors (Lipinski definition) is 6. The van der Waals surface area contributed by atoms with Gasteiger partial charge in [-0.1, -0.05) is 12.1 Å². The van der Waals surface area contributed by atoms with E-state index in [2.05, 4.69) is 5.32 Å². The molecule has 0 saturated heterocycles. The van der Waals surface area contributed by atoms with Gasteiger partial charge in [0.2, 0.25) is 6.79 Å². The second kappa shape index (κ2) is 7.96. The van der Waals surface area contributed by atoms with E-state index in [1.807, 2.05) is 19.1 Å². The predicted octanol–water partition coefficient (Wildman–Crippen LogP) is 4.24. The molecule has 0 spiro atoms. The molecule has 0 fully saturated rings. The largest absolute Gasteiger partial charge is 0.492 e. The van der Waals surface area contributed by atoms with Gasteiger partial charge in [-0.25, -0.2) is 0 Å². The second-order valence-electron chi connectivity index (χ2n) is 5.95. The maximum Gasteiger partial charge on any atom is 0.291 e. The lowest BCUT2D eigenvalue weighted by Crippen LogP contribution is -2.12.